The fourth-order valence-corrected chi connectivity index (χ4v) is 7.76. The van der Waals surface area contributed by atoms with Gasteiger partial charge in [0.25, 0.3) is 0 Å². The molecule has 0 amide bonds. The third kappa shape index (κ3) is 6.15. The lowest BCUT2D eigenvalue weighted by Gasteiger charge is -2.56. The highest BCUT2D eigenvalue weighted by atomic mass is 16.9. The lowest BCUT2D eigenvalue weighted by atomic mass is 9.88. The lowest BCUT2D eigenvalue weighted by molar-refractivity contribution is -0.497. The third-order valence-electron chi connectivity index (χ3n) is 10.4. The van der Waals surface area contributed by atoms with Gasteiger partial charge in [0.15, 0.2) is 0 Å². The van der Waals surface area contributed by atoms with Crippen LogP contribution in [0.25, 0.3) is 0 Å². The molecule has 4 heteroatoms. The van der Waals surface area contributed by atoms with E-state index in [2.05, 4.69) is 0 Å². The number of ether oxygens (including phenoxy) is 4. The first-order valence-corrected chi connectivity index (χ1v) is 18.9. The molecule has 8 aromatic carbocycles. The molecule has 0 radical (unpaired) electrons. The van der Waals surface area contributed by atoms with Crippen LogP contribution in [-0.4, -0.2) is 0 Å². The van der Waals surface area contributed by atoms with Crippen molar-refractivity contribution in [2.24, 2.45) is 0 Å². The zero-order valence-electron chi connectivity index (χ0n) is 30.7. The predicted octanol–water partition coefficient (Wildman–Crippen LogP) is 11.7. The first-order chi connectivity index (χ1) is 27.7. The maximum Gasteiger partial charge on any atom is 0.228 e. The van der Waals surface area contributed by atoms with Crippen LogP contribution in [-0.2, 0) is 42.1 Å². The highest BCUT2D eigenvalue weighted by Crippen LogP contribution is 2.59. The largest absolute Gasteiger partial charge is 0.301 e. The van der Waals surface area contributed by atoms with E-state index in [4.69, 9.17) is 18.9 Å². The van der Waals surface area contributed by atoms with Gasteiger partial charge in [0.1, 0.15) is 0 Å². The fraction of sp³-hybridized carbons (Fsp3) is 0.0769. The summed E-state index contributed by atoms with van der Waals surface area (Å²) in [6.45, 7) is 0. The van der Waals surface area contributed by atoms with E-state index in [0.717, 1.165) is 44.5 Å². The van der Waals surface area contributed by atoms with E-state index in [1.54, 1.807) is 0 Å². The molecule has 0 aromatic heterocycles. The molecule has 0 N–H and O–H groups in total. The van der Waals surface area contributed by atoms with Crippen molar-refractivity contribution in [3.8, 4) is 0 Å². The van der Waals surface area contributed by atoms with Gasteiger partial charge in [-0.15, -0.1) is 0 Å². The highest BCUT2D eigenvalue weighted by Gasteiger charge is 2.62. The molecule has 1 aliphatic rings. The summed E-state index contributed by atoms with van der Waals surface area (Å²) in [5.74, 6) is -6.67. The highest BCUT2D eigenvalue weighted by molar-refractivity contribution is 5.44. The van der Waals surface area contributed by atoms with Crippen molar-refractivity contribution in [3.63, 3.8) is 0 Å². The van der Waals surface area contributed by atoms with Gasteiger partial charge in [-0.25, -0.2) is 0 Å². The summed E-state index contributed by atoms with van der Waals surface area (Å²) in [5, 5.41) is 0. The van der Waals surface area contributed by atoms with Crippen LogP contribution in [0.5, 0.6) is 0 Å². The van der Waals surface area contributed by atoms with Gasteiger partial charge in [0.2, 0.25) is 23.1 Å². The Bertz CT molecular complexity index is 1920. The van der Waals surface area contributed by atoms with Gasteiger partial charge in [-0.1, -0.05) is 243 Å². The Hall–Kier alpha value is -6.40. The Kier molecular flexibility index (Phi) is 9.48. The second-order valence-corrected chi connectivity index (χ2v) is 13.8. The van der Waals surface area contributed by atoms with E-state index < -0.39 is 23.1 Å². The molecule has 272 valence electrons. The minimum Gasteiger partial charge on any atom is -0.301 e. The summed E-state index contributed by atoms with van der Waals surface area (Å²) >= 11 is 0. The molecule has 1 heterocycles. The van der Waals surface area contributed by atoms with Crippen LogP contribution in [0.15, 0.2) is 243 Å². The molecule has 1 fully saturated rings. The van der Waals surface area contributed by atoms with E-state index >= 15 is 0 Å². The Balaban J connectivity index is 1.50. The average Bonchev–Trinajstić information content (AvgIpc) is 3.29. The van der Waals surface area contributed by atoms with Crippen LogP contribution in [0.4, 0.5) is 0 Å². The molecule has 0 atom stereocenters. The summed E-state index contributed by atoms with van der Waals surface area (Å²) in [6, 6.07) is 80.7. The van der Waals surface area contributed by atoms with Crippen molar-refractivity contribution in [1.82, 2.24) is 0 Å². The minimum absolute atomic E-state index is 0.748. The van der Waals surface area contributed by atoms with Gasteiger partial charge in [-0.2, -0.15) is 0 Å². The molecule has 0 spiro atoms. The first-order valence-electron chi connectivity index (χ1n) is 18.9. The average molecular weight is 729 g/mol. The number of benzene rings is 8. The number of hydrogen-bond acceptors (Lipinski definition) is 4. The SMILES string of the molecule is c1ccc(C2(c3ccccc3)OC(c3ccccc3)(c3ccccc3)OC(c3ccccc3)(c3ccccc3)OC(c3ccccc3)(c3ccccc3)O2)cc1. The Labute approximate surface area is 328 Å². The van der Waals surface area contributed by atoms with E-state index in [1.165, 1.54) is 0 Å². The van der Waals surface area contributed by atoms with Crippen LogP contribution in [0.3, 0.4) is 0 Å². The van der Waals surface area contributed by atoms with Crippen LogP contribution < -0.4 is 0 Å². The molecule has 9 rings (SSSR count). The molecule has 4 nitrogen and oxygen atoms in total. The lowest BCUT2D eigenvalue weighted by Crippen LogP contribution is -2.59. The normalized spacial score (nSPS) is 16.9. The summed E-state index contributed by atoms with van der Waals surface area (Å²) in [5.41, 5.74) is 5.98. The molecular weight excluding hydrogens is 689 g/mol. The maximum atomic E-state index is 8.08. The van der Waals surface area contributed by atoms with Crippen LogP contribution in [0.1, 0.15) is 44.5 Å². The van der Waals surface area contributed by atoms with Gasteiger partial charge in [0.05, 0.1) is 0 Å². The van der Waals surface area contributed by atoms with E-state index in [1.807, 2.05) is 243 Å². The van der Waals surface area contributed by atoms with Crippen LogP contribution in [0, 0.1) is 0 Å². The third-order valence-corrected chi connectivity index (χ3v) is 10.4. The Morgan fingerprint density at radius 2 is 0.268 bits per heavy atom. The summed E-state index contributed by atoms with van der Waals surface area (Å²) in [7, 11) is 0. The van der Waals surface area contributed by atoms with E-state index in [-0.39, 0.29) is 0 Å². The van der Waals surface area contributed by atoms with Crippen molar-refractivity contribution >= 4 is 0 Å². The standard InChI is InChI=1S/C52H40O4/c1-9-25-41(26-10-1)49(42-27-11-2-12-28-42)53-50(43-29-13-3-14-30-43,44-31-15-4-16-32-44)55-52(47-37-21-7-22-38-47,48-39-23-8-24-40-48)56-51(54-49,45-33-17-5-18-34-45)46-35-19-6-20-36-46/h1-40H. The first kappa shape index (κ1) is 35.3. The van der Waals surface area contributed by atoms with Crippen molar-refractivity contribution < 1.29 is 18.9 Å². The van der Waals surface area contributed by atoms with E-state index in [9.17, 15) is 0 Å². The van der Waals surface area contributed by atoms with Crippen molar-refractivity contribution in [3.05, 3.63) is 287 Å². The number of hydrogen-bond donors (Lipinski definition) is 0. The van der Waals surface area contributed by atoms with Gasteiger partial charge in [-0.05, 0) is 0 Å². The van der Waals surface area contributed by atoms with Gasteiger partial charge in [-0.3, -0.25) is 0 Å². The molecule has 1 saturated heterocycles. The Morgan fingerprint density at radius 3 is 0.375 bits per heavy atom. The van der Waals surface area contributed by atoms with Crippen LogP contribution >= 0.6 is 0 Å². The molecule has 0 unspecified atom stereocenters. The Morgan fingerprint density at radius 1 is 0.161 bits per heavy atom. The summed E-state index contributed by atoms with van der Waals surface area (Å²) < 4.78 is 32.3. The quantitative estimate of drug-likeness (QED) is 0.156. The minimum atomic E-state index is -1.67. The van der Waals surface area contributed by atoms with Crippen LogP contribution in [0.2, 0.25) is 0 Å². The molecule has 1 aliphatic heterocycles. The summed E-state index contributed by atoms with van der Waals surface area (Å²) in [6.07, 6.45) is 0. The molecule has 56 heavy (non-hydrogen) atoms. The fourth-order valence-electron chi connectivity index (χ4n) is 7.76. The zero-order chi connectivity index (χ0) is 37.7. The summed E-state index contributed by atoms with van der Waals surface area (Å²) in [4.78, 5) is 0. The smallest absolute Gasteiger partial charge is 0.228 e. The zero-order valence-corrected chi connectivity index (χ0v) is 30.7. The van der Waals surface area contributed by atoms with E-state index in [0.29, 0.717) is 0 Å². The number of rotatable bonds is 8. The monoisotopic (exact) mass is 728 g/mol. The molecule has 8 aromatic rings. The molecule has 0 aliphatic carbocycles. The van der Waals surface area contributed by atoms with Crippen molar-refractivity contribution in [2.75, 3.05) is 0 Å². The second kappa shape index (κ2) is 15.0. The van der Waals surface area contributed by atoms with Crippen molar-refractivity contribution in [1.29, 1.82) is 0 Å². The predicted molar refractivity (Wildman–Crippen MR) is 219 cm³/mol. The molecular formula is C52H40O4. The van der Waals surface area contributed by atoms with Gasteiger partial charge < -0.3 is 18.9 Å². The topological polar surface area (TPSA) is 36.9 Å². The second-order valence-electron chi connectivity index (χ2n) is 13.8. The van der Waals surface area contributed by atoms with Crippen molar-refractivity contribution in [2.45, 2.75) is 23.1 Å². The maximum absolute atomic E-state index is 8.08. The molecule has 0 bridgehead atoms. The molecule has 0 saturated carbocycles. The van der Waals surface area contributed by atoms with Gasteiger partial charge in [0, 0.05) is 44.5 Å². The van der Waals surface area contributed by atoms with Gasteiger partial charge >= 0.3 is 0 Å².